The number of ether oxygens (including phenoxy) is 1. The molecule has 226 valence electrons. The van der Waals surface area contributed by atoms with Crippen LogP contribution in [-0.2, 0) is 9.53 Å². The average Bonchev–Trinajstić information content (AvgIpc) is 3.63. The van der Waals surface area contributed by atoms with E-state index in [1.54, 1.807) is 0 Å². The molecule has 40 heavy (non-hydrogen) atoms. The highest BCUT2D eigenvalue weighted by Crippen LogP contribution is 2.50. The number of hydrogen-bond donors (Lipinski definition) is 3. The fourth-order valence-corrected chi connectivity index (χ4v) is 9.30. The van der Waals surface area contributed by atoms with Gasteiger partial charge in [-0.25, -0.2) is 10.9 Å². The van der Waals surface area contributed by atoms with Gasteiger partial charge < -0.3 is 9.64 Å². The molecular formula is C28H46F3N7O2. The second-order valence-corrected chi connectivity index (χ2v) is 13.9. The Morgan fingerprint density at radius 2 is 1.80 bits per heavy atom. The first-order chi connectivity index (χ1) is 19.2. The molecule has 9 nitrogen and oxygen atoms in total. The number of alkyl halides is 3. The van der Waals surface area contributed by atoms with Crippen molar-refractivity contribution in [1.82, 2.24) is 35.8 Å². The molecule has 3 N–H and O–H groups in total. The first-order valence-electron chi connectivity index (χ1n) is 15.6. The zero-order valence-corrected chi connectivity index (χ0v) is 23.7. The van der Waals surface area contributed by atoms with Crippen molar-refractivity contribution in [3.05, 3.63) is 0 Å². The topological polar surface area (TPSA) is 75.4 Å². The normalized spacial score (nSPS) is 43.1. The molecule has 0 spiro atoms. The number of nitrogens with zero attached hydrogens (tertiary/aromatic N) is 4. The third-order valence-electron chi connectivity index (χ3n) is 11.7. The molecule has 0 bridgehead atoms. The molecule has 0 aromatic rings. The van der Waals surface area contributed by atoms with Crippen LogP contribution in [0.5, 0.6) is 0 Å². The SMILES string of the molecule is CN1CNNC1CC1(C2CCCC(N3CC4C(CC(N5CCN6CCC[C@H]6C5)NC4C(F)(F)F)C3=O)C2)COC1. The maximum Gasteiger partial charge on any atom is 0.404 e. The molecule has 7 unspecified atom stereocenters. The highest BCUT2D eigenvalue weighted by atomic mass is 19.4. The number of carbonyl (C=O) groups is 1. The summed E-state index contributed by atoms with van der Waals surface area (Å²) in [6.45, 7) is 6.05. The molecule has 6 saturated heterocycles. The number of hydrogen-bond acceptors (Lipinski definition) is 8. The molecule has 7 aliphatic rings. The fraction of sp³-hybridized carbons (Fsp3) is 0.964. The Kier molecular flexibility index (Phi) is 7.37. The summed E-state index contributed by atoms with van der Waals surface area (Å²) in [6.07, 6.45) is 3.09. The number of likely N-dealkylation sites (tertiary alicyclic amines) is 1. The minimum Gasteiger partial charge on any atom is -0.380 e. The summed E-state index contributed by atoms with van der Waals surface area (Å²) in [4.78, 5) is 22.8. The number of carbonyl (C=O) groups excluding carboxylic acids is 1. The number of nitrogens with one attached hydrogen (secondary N) is 3. The molecule has 12 heteroatoms. The predicted octanol–water partition coefficient (Wildman–Crippen LogP) is 1.38. The van der Waals surface area contributed by atoms with Crippen LogP contribution in [0.2, 0.25) is 0 Å². The number of piperazine rings is 1. The van der Waals surface area contributed by atoms with Crippen molar-refractivity contribution in [2.75, 3.05) is 59.7 Å². The predicted molar refractivity (Wildman–Crippen MR) is 143 cm³/mol. The van der Waals surface area contributed by atoms with Crippen LogP contribution in [0.15, 0.2) is 0 Å². The smallest absolute Gasteiger partial charge is 0.380 e. The lowest BCUT2D eigenvalue weighted by molar-refractivity contribution is -0.185. The lowest BCUT2D eigenvalue weighted by Gasteiger charge is -2.52. The van der Waals surface area contributed by atoms with Crippen molar-refractivity contribution in [2.45, 2.75) is 88.0 Å². The molecule has 0 aromatic heterocycles. The number of rotatable bonds is 5. The second-order valence-electron chi connectivity index (χ2n) is 13.9. The highest BCUT2D eigenvalue weighted by molar-refractivity contribution is 5.82. The molecule has 1 amide bonds. The summed E-state index contributed by atoms with van der Waals surface area (Å²) in [7, 11) is 2.10. The van der Waals surface area contributed by atoms with Crippen LogP contribution in [0.3, 0.4) is 0 Å². The van der Waals surface area contributed by atoms with Crippen molar-refractivity contribution in [3.8, 4) is 0 Å². The van der Waals surface area contributed by atoms with Crippen molar-refractivity contribution in [1.29, 1.82) is 0 Å². The summed E-state index contributed by atoms with van der Waals surface area (Å²) < 4.78 is 49.2. The lowest BCUT2D eigenvalue weighted by Crippen LogP contribution is -2.65. The summed E-state index contributed by atoms with van der Waals surface area (Å²) in [5.41, 5.74) is 6.66. The average molecular weight is 570 g/mol. The summed E-state index contributed by atoms with van der Waals surface area (Å²) >= 11 is 0. The van der Waals surface area contributed by atoms with Crippen LogP contribution in [0.25, 0.3) is 0 Å². The number of amides is 1. The van der Waals surface area contributed by atoms with Crippen LogP contribution in [0, 0.1) is 23.2 Å². The second kappa shape index (κ2) is 10.6. The van der Waals surface area contributed by atoms with Crippen LogP contribution in [0.4, 0.5) is 13.2 Å². The van der Waals surface area contributed by atoms with Gasteiger partial charge in [0.15, 0.2) is 0 Å². The van der Waals surface area contributed by atoms with Crippen molar-refractivity contribution < 1.29 is 22.7 Å². The highest BCUT2D eigenvalue weighted by Gasteiger charge is 2.59. The summed E-state index contributed by atoms with van der Waals surface area (Å²) in [5, 5.41) is 3.02. The van der Waals surface area contributed by atoms with Gasteiger partial charge in [-0.1, -0.05) is 6.42 Å². The number of hydrazine groups is 1. The van der Waals surface area contributed by atoms with Gasteiger partial charge in [-0.2, -0.15) is 13.2 Å². The largest absolute Gasteiger partial charge is 0.404 e. The molecule has 0 aromatic carbocycles. The fourth-order valence-electron chi connectivity index (χ4n) is 9.30. The summed E-state index contributed by atoms with van der Waals surface area (Å²) in [6, 6.07) is -1.17. The third-order valence-corrected chi connectivity index (χ3v) is 11.7. The van der Waals surface area contributed by atoms with Crippen LogP contribution in [-0.4, -0.2) is 122 Å². The summed E-state index contributed by atoms with van der Waals surface area (Å²) in [5.74, 6) is -0.877. The molecule has 8 atom stereocenters. The molecule has 6 aliphatic heterocycles. The first-order valence-corrected chi connectivity index (χ1v) is 15.6. The van der Waals surface area contributed by atoms with Gasteiger partial charge >= 0.3 is 6.18 Å². The minimum atomic E-state index is -4.37. The van der Waals surface area contributed by atoms with Crippen LogP contribution in [0.1, 0.15) is 51.4 Å². The van der Waals surface area contributed by atoms with E-state index in [0.29, 0.717) is 18.4 Å². The quantitative estimate of drug-likeness (QED) is 0.459. The van der Waals surface area contributed by atoms with Gasteiger partial charge in [0.1, 0.15) is 6.04 Å². The van der Waals surface area contributed by atoms with E-state index in [4.69, 9.17) is 4.74 Å². The van der Waals surface area contributed by atoms with E-state index < -0.39 is 30.2 Å². The van der Waals surface area contributed by atoms with E-state index in [1.165, 1.54) is 6.42 Å². The Bertz CT molecular complexity index is 951. The molecular weight excluding hydrogens is 523 g/mol. The van der Waals surface area contributed by atoms with E-state index in [9.17, 15) is 18.0 Å². The van der Waals surface area contributed by atoms with Crippen molar-refractivity contribution in [2.24, 2.45) is 23.2 Å². The Hall–Kier alpha value is -1.02. The first kappa shape index (κ1) is 27.8. The van der Waals surface area contributed by atoms with Crippen molar-refractivity contribution >= 4 is 5.91 Å². The van der Waals surface area contributed by atoms with Crippen LogP contribution >= 0.6 is 0 Å². The van der Waals surface area contributed by atoms with E-state index in [2.05, 4.69) is 37.9 Å². The van der Waals surface area contributed by atoms with E-state index in [-0.39, 0.29) is 30.1 Å². The van der Waals surface area contributed by atoms with Crippen LogP contribution < -0.4 is 16.2 Å². The van der Waals surface area contributed by atoms with E-state index in [1.807, 2.05) is 4.90 Å². The van der Waals surface area contributed by atoms with E-state index >= 15 is 0 Å². The zero-order chi connectivity index (χ0) is 27.6. The van der Waals surface area contributed by atoms with Gasteiger partial charge in [-0.3, -0.25) is 24.8 Å². The molecule has 1 aliphatic carbocycles. The number of piperidine rings is 1. The Morgan fingerprint density at radius 3 is 2.52 bits per heavy atom. The standard InChI is InChI=1S/C28H46F3N7O2/c1-35-17-32-34-24(35)12-27(15-40-16-27)18-4-2-5-19(10-18)38-14-22-21(26(38)39)11-23(33-25(22)28(29,30)31)37-9-8-36-7-3-6-20(36)13-37/h18-25,32-34H,2-17H2,1H3/t18?,19?,20-,21?,22?,23?,24?,25?/m0/s1. The lowest BCUT2D eigenvalue weighted by atomic mass is 9.64. The monoisotopic (exact) mass is 569 g/mol. The third kappa shape index (κ3) is 4.89. The number of halogens is 3. The van der Waals surface area contributed by atoms with Crippen molar-refractivity contribution in [3.63, 3.8) is 0 Å². The van der Waals surface area contributed by atoms with Gasteiger partial charge in [0.2, 0.25) is 5.91 Å². The molecule has 0 radical (unpaired) electrons. The molecule has 7 rings (SSSR count). The van der Waals surface area contributed by atoms with E-state index in [0.717, 1.165) is 84.6 Å². The maximum atomic E-state index is 14.5. The maximum absolute atomic E-state index is 14.5. The van der Waals surface area contributed by atoms with Gasteiger partial charge in [-0.05, 0) is 64.5 Å². The zero-order valence-electron chi connectivity index (χ0n) is 23.7. The van der Waals surface area contributed by atoms with Gasteiger partial charge in [0.05, 0.1) is 32.2 Å². The number of fused-ring (bicyclic) bond motifs is 2. The Morgan fingerprint density at radius 1 is 1.00 bits per heavy atom. The van der Waals surface area contributed by atoms with Gasteiger partial charge in [0, 0.05) is 55.5 Å². The minimum absolute atomic E-state index is 0.0242. The van der Waals surface area contributed by atoms with Gasteiger partial charge in [-0.15, -0.1) is 0 Å². The van der Waals surface area contributed by atoms with Gasteiger partial charge in [0.25, 0.3) is 0 Å². The molecule has 6 heterocycles. The molecule has 7 fully saturated rings. The Labute approximate surface area is 235 Å². The molecule has 1 saturated carbocycles. The Balaban J connectivity index is 1.06.